The molecule has 1 fully saturated rings. The van der Waals surface area contributed by atoms with E-state index in [9.17, 15) is 13.6 Å². The highest BCUT2D eigenvalue weighted by Crippen LogP contribution is 2.24. The summed E-state index contributed by atoms with van der Waals surface area (Å²) in [5.74, 6) is 0.779. The second-order valence-corrected chi connectivity index (χ2v) is 6.05. The first-order valence-corrected chi connectivity index (χ1v) is 8.13. The Hall–Kier alpha value is -2.31. The van der Waals surface area contributed by atoms with Gasteiger partial charge in [-0.2, -0.15) is 0 Å². The van der Waals surface area contributed by atoms with Gasteiger partial charge >= 0.3 is 0 Å². The number of hydrogen-bond acceptors (Lipinski definition) is 4. The van der Waals surface area contributed by atoms with Crippen molar-refractivity contribution < 1.29 is 13.6 Å². The van der Waals surface area contributed by atoms with Gasteiger partial charge in [-0.1, -0.05) is 12.1 Å². The summed E-state index contributed by atoms with van der Waals surface area (Å²) in [6.07, 6.45) is 1.28. The molecule has 24 heavy (non-hydrogen) atoms. The molecule has 1 saturated heterocycles. The Labute approximate surface area is 139 Å². The zero-order valence-electron chi connectivity index (χ0n) is 13.3. The van der Waals surface area contributed by atoms with E-state index in [4.69, 9.17) is 0 Å². The summed E-state index contributed by atoms with van der Waals surface area (Å²) in [7, 11) is 0. The maximum atomic E-state index is 12.1. The molecule has 0 saturated carbocycles. The van der Waals surface area contributed by atoms with Crippen LogP contribution in [0.15, 0.2) is 30.5 Å². The largest absolute Gasteiger partial charge is 0.355 e. The molecule has 0 atom stereocenters. The van der Waals surface area contributed by atoms with E-state index in [0.717, 1.165) is 42.8 Å². The summed E-state index contributed by atoms with van der Waals surface area (Å²) in [5.41, 5.74) is 1.73. The molecule has 1 aliphatic rings. The highest BCUT2D eigenvalue weighted by atomic mass is 19.3. The monoisotopic (exact) mass is 334 g/mol. The SMILES string of the molecule is O=C(CC1CCN(c2cnc3ccccc3n2)CC1)NCC(F)F. The number of hydrogen-bond donors (Lipinski definition) is 1. The molecule has 2 aromatic rings. The van der Waals surface area contributed by atoms with Crippen molar-refractivity contribution in [1.82, 2.24) is 15.3 Å². The fourth-order valence-electron chi connectivity index (χ4n) is 2.99. The first kappa shape index (κ1) is 16.5. The van der Waals surface area contributed by atoms with Crippen LogP contribution in [-0.2, 0) is 4.79 Å². The number of fused-ring (bicyclic) bond motifs is 1. The molecule has 0 spiro atoms. The maximum Gasteiger partial charge on any atom is 0.255 e. The quantitative estimate of drug-likeness (QED) is 0.913. The van der Waals surface area contributed by atoms with Crippen molar-refractivity contribution in [3.05, 3.63) is 30.5 Å². The minimum atomic E-state index is -2.50. The number of amides is 1. The van der Waals surface area contributed by atoms with Crippen LogP contribution in [0.1, 0.15) is 19.3 Å². The van der Waals surface area contributed by atoms with Crippen molar-refractivity contribution in [3.63, 3.8) is 0 Å². The number of nitrogens with zero attached hydrogens (tertiary/aromatic N) is 3. The second-order valence-electron chi connectivity index (χ2n) is 6.05. The normalized spacial score (nSPS) is 15.9. The molecule has 1 aromatic carbocycles. The minimum Gasteiger partial charge on any atom is -0.355 e. The lowest BCUT2D eigenvalue weighted by Gasteiger charge is -2.32. The molecule has 0 bridgehead atoms. The van der Waals surface area contributed by atoms with Crippen molar-refractivity contribution in [2.24, 2.45) is 5.92 Å². The number of aromatic nitrogens is 2. The van der Waals surface area contributed by atoms with Crippen LogP contribution in [0.3, 0.4) is 0 Å². The van der Waals surface area contributed by atoms with Crippen LogP contribution in [0.2, 0.25) is 0 Å². The number of piperidine rings is 1. The van der Waals surface area contributed by atoms with Crippen molar-refractivity contribution in [3.8, 4) is 0 Å². The van der Waals surface area contributed by atoms with E-state index in [2.05, 4.69) is 20.2 Å². The molecule has 0 unspecified atom stereocenters. The third kappa shape index (κ3) is 4.15. The molecule has 1 N–H and O–H groups in total. The van der Waals surface area contributed by atoms with Crippen LogP contribution in [0.4, 0.5) is 14.6 Å². The van der Waals surface area contributed by atoms with E-state index in [0.29, 0.717) is 6.42 Å². The minimum absolute atomic E-state index is 0.229. The van der Waals surface area contributed by atoms with Crippen LogP contribution in [-0.4, -0.2) is 41.9 Å². The lowest BCUT2D eigenvalue weighted by Crippen LogP contribution is -2.37. The Morgan fingerprint density at radius 3 is 2.67 bits per heavy atom. The highest BCUT2D eigenvalue weighted by molar-refractivity contribution is 5.76. The van der Waals surface area contributed by atoms with Crippen LogP contribution < -0.4 is 10.2 Å². The van der Waals surface area contributed by atoms with Crippen LogP contribution in [0.5, 0.6) is 0 Å². The summed E-state index contributed by atoms with van der Waals surface area (Å²) in [5, 5.41) is 2.27. The van der Waals surface area contributed by atoms with E-state index >= 15 is 0 Å². The summed E-state index contributed by atoms with van der Waals surface area (Å²) in [6, 6.07) is 7.73. The first-order valence-electron chi connectivity index (χ1n) is 8.13. The topological polar surface area (TPSA) is 58.1 Å². The number of rotatable bonds is 5. The molecule has 1 amide bonds. The standard InChI is InChI=1S/C17H20F2N4O/c18-15(19)10-21-17(24)9-12-5-7-23(8-6-12)16-11-20-13-3-1-2-4-14(13)22-16/h1-4,11-12,15H,5-10H2,(H,21,24). The number of anilines is 1. The third-order valence-electron chi connectivity index (χ3n) is 4.30. The van der Waals surface area contributed by atoms with Gasteiger partial charge in [0.1, 0.15) is 5.82 Å². The van der Waals surface area contributed by atoms with Gasteiger partial charge in [0, 0.05) is 19.5 Å². The summed E-state index contributed by atoms with van der Waals surface area (Å²) < 4.78 is 24.2. The fourth-order valence-corrected chi connectivity index (χ4v) is 2.99. The second kappa shape index (κ2) is 7.51. The Balaban J connectivity index is 1.53. The number of para-hydroxylation sites is 2. The Kier molecular flexibility index (Phi) is 5.17. The molecule has 1 aliphatic heterocycles. The zero-order valence-corrected chi connectivity index (χ0v) is 13.3. The first-order chi connectivity index (χ1) is 11.6. The molecular weight excluding hydrogens is 314 g/mol. The summed E-state index contributed by atoms with van der Waals surface area (Å²) in [4.78, 5) is 22.9. The van der Waals surface area contributed by atoms with E-state index in [1.54, 1.807) is 6.20 Å². The molecule has 0 aliphatic carbocycles. The van der Waals surface area contributed by atoms with Gasteiger partial charge < -0.3 is 10.2 Å². The van der Waals surface area contributed by atoms with Crippen molar-refractivity contribution in [1.29, 1.82) is 0 Å². The number of alkyl halides is 2. The predicted octanol–water partition coefficient (Wildman–Crippen LogP) is 2.62. The van der Waals surface area contributed by atoms with Gasteiger partial charge in [0.15, 0.2) is 0 Å². The van der Waals surface area contributed by atoms with Gasteiger partial charge in [-0.15, -0.1) is 0 Å². The smallest absolute Gasteiger partial charge is 0.255 e. The van der Waals surface area contributed by atoms with Crippen molar-refractivity contribution >= 4 is 22.8 Å². The van der Waals surface area contributed by atoms with Gasteiger partial charge in [0.2, 0.25) is 5.91 Å². The lowest BCUT2D eigenvalue weighted by atomic mass is 9.93. The number of benzene rings is 1. The molecular formula is C17H20F2N4O. The maximum absolute atomic E-state index is 12.1. The summed E-state index contributed by atoms with van der Waals surface area (Å²) >= 11 is 0. The van der Waals surface area contributed by atoms with Gasteiger partial charge in [-0.25, -0.2) is 13.8 Å². The molecule has 5 nitrogen and oxygen atoms in total. The van der Waals surface area contributed by atoms with Gasteiger partial charge in [-0.3, -0.25) is 9.78 Å². The third-order valence-corrected chi connectivity index (χ3v) is 4.30. The number of carbonyl (C=O) groups is 1. The van der Waals surface area contributed by atoms with E-state index < -0.39 is 13.0 Å². The van der Waals surface area contributed by atoms with E-state index in [1.807, 2.05) is 24.3 Å². The molecule has 3 rings (SSSR count). The Morgan fingerprint density at radius 2 is 1.96 bits per heavy atom. The van der Waals surface area contributed by atoms with Crippen LogP contribution in [0, 0.1) is 5.92 Å². The van der Waals surface area contributed by atoms with Crippen molar-refractivity contribution in [2.75, 3.05) is 24.5 Å². The van der Waals surface area contributed by atoms with Crippen molar-refractivity contribution in [2.45, 2.75) is 25.7 Å². The molecule has 0 radical (unpaired) electrons. The fraction of sp³-hybridized carbons (Fsp3) is 0.471. The Bertz CT molecular complexity index is 702. The average Bonchev–Trinajstić information content (AvgIpc) is 2.60. The lowest BCUT2D eigenvalue weighted by molar-refractivity contribution is -0.122. The number of halogens is 2. The number of carbonyl (C=O) groups excluding carboxylic acids is 1. The molecule has 1 aromatic heterocycles. The Morgan fingerprint density at radius 1 is 1.25 bits per heavy atom. The van der Waals surface area contributed by atoms with E-state index in [-0.39, 0.29) is 11.8 Å². The average molecular weight is 334 g/mol. The highest BCUT2D eigenvalue weighted by Gasteiger charge is 2.22. The van der Waals surface area contributed by atoms with E-state index in [1.165, 1.54) is 0 Å². The van der Waals surface area contributed by atoms with Gasteiger partial charge in [-0.05, 0) is 30.9 Å². The zero-order chi connectivity index (χ0) is 16.9. The predicted molar refractivity (Wildman–Crippen MR) is 88.1 cm³/mol. The van der Waals surface area contributed by atoms with Gasteiger partial charge in [0.25, 0.3) is 6.43 Å². The van der Waals surface area contributed by atoms with Crippen LogP contribution >= 0.6 is 0 Å². The molecule has 7 heteroatoms. The molecule has 2 heterocycles. The van der Waals surface area contributed by atoms with Gasteiger partial charge in [0.05, 0.1) is 23.8 Å². The molecule has 128 valence electrons. The van der Waals surface area contributed by atoms with Crippen LogP contribution in [0.25, 0.3) is 11.0 Å². The number of nitrogens with one attached hydrogen (secondary N) is 1. The summed E-state index contributed by atoms with van der Waals surface area (Å²) in [6.45, 7) is 1.02.